The summed E-state index contributed by atoms with van der Waals surface area (Å²) in [7, 11) is 0. The molecule has 1 amide bonds. The van der Waals surface area contributed by atoms with Crippen LogP contribution in [0.25, 0.3) is 0 Å². The van der Waals surface area contributed by atoms with Gasteiger partial charge in [0.1, 0.15) is 0 Å². The normalized spacial score (nSPS) is 26.7. The zero-order chi connectivity index (χ0) is 11.3. The van der Waals surface area contributed by atoms with Gasteiger partial charge in [0.2, 0.25) is 5.91 Å². The maximum atomic E-state index is 11.5. The summed E-state index contributed by atoms with van der Waals surface area (Å²) >= 11 is 0. The molecule has 88 valence electrons. The van der Waals surface area contributed by atoms with Crippen LogP contribution in [0.5, 0.6) is 0 Å². The van der Waals surface area contributed by atoms with Crippen LogP contribution < -0.4 is 10.6 Å². The van der Waals surface area contributed by atoms with Gasteiger partial charge in [-0.2, -0.15) is 0 Å². The van der Waals surface area contributed by atoms with Crippen molar-refractivity contribution in [2.75, 3.05) is 6.54 Å². The summed E-state index contributed by atoms with van der Waals surface area (Å²) in [4.78, 5) is 11.5. The minimum absolute atomic E-state index is 0.0188. The van der Waals surface area contributed by atoms with Gasteiger partial charge in [-0.15, -0.1) is 0 Å². The Labute approximate surface area is 91.4 Å². The van der Waals surface area contributed by atoms with Gasteiger partial charge >= 0.3 is 0 Å². The first-order chi connectivity index (χ1) is 7.09. The van der Waals surface area contributed by atoms with E-state index in [1.54, 1.807) is 0 Å². The van der Waals surface area contributed by atoms with Gasteiger partial charge in [0.15, 0.2) is 0 Å². The fourth-order valence-corrected chi connectivity index (χ4v) is 1.83. The Morgan fingerprint density at radius 2 is 2.07 bits per heavy atom. The molecule has 4 nitrogen and oxygen atoms in total. The summed E-state index contributed by atoms with van der Waals surface area (Å²) in [6.45, 7) is 4.34. The van der Waals surface area contributed by atoms with Crippen LogP contribution in [0.4, 0.5) is 0 Å². The van der Waals surface area contributed by atoms with E-state index < -0.39 is 0 Å². The van der Waals surface area contributed by atoms with Crippen LogP contribution in [0.15, 0.2) is 0 Å². The predicted molar refractivity (Wildman–Crippen MR) is 59.5 cm³/mol. The Kier molecular flexibility index (Phi) is 5.05. The minimum Gasteiger partial charge on any atom is -0.391 e. The second kappa shape index (κ2) is 6.08. The van der Waals surface area contributed by atoms with Crippen LogP contribution >= 0.6 is 0 Å². The maximum absolute atomic E-state index is 11.5. The molecular formula is C11H22N2O2. The highest BCUT2D eigenvalue weighted by atomic mass is 16.3. The van der Waals surface area contributed by atoms with E-state index in [0.29, 0.717) is 12.6 Å². The smallest absolute Gasteiger partial charge is 0.234 e. The molecule has 3 N–H and O–H groups in total. The molecule has 0 aromatic rings. The number of amides is 1. The predicted octanol–water partition coefficient (Wildman–Crippen LogP) is 0.404. The first-order valence-electron chi connectivity index (χ1n) is 5.80. The van der Waals surface area contributed by atoms with Crippen molar-refractivity contribution < 1.29 is 9.90 Å². The number of rotatable bonds is 4. The van der Waals surface area contributed by atoms with Gasteiger partial charge in [0.25, 0.3) is 0 Å². The maximum Gasteiger partial charge on any atom is 0.234 e. The average molecular weight is 214 g/mol. The molecule has 0 aromatic heterocycles. The Morgan fingerprint density at radius 1 is 1.40 bits per heavy atom. The van der Waals surface area contributed by atoms with E-state index in [1.807, 2.05) is 13.8 Å². The second-order valence-corrected chi connectivity index (χ2v) is 4.56. The fourth-order valence-electron chi connectivity index (χ4n) is 1.83. The Bertz CT molecular complexity index is 207. The van der Waals surface area contributed by atoms with Crippen molar-refractivity contribution in [3.63, 3.8) is 0 Å². The third-order valence-corrected chi connectivity index (χ3v) is 2.75. The highest BCUT2D eigenvalue weighted by molar-refractivity contribution is 5.78. The van der Waals surface area contributed by atoms with Gasteiger partial charge in [0, 0.05) is 6.04 Å². The SMILES string of the molecule is CC(C)NCC(=O)N[C@H]1CCCC[C@@H]1O. The number of carbonyl (C=O) groups is 1. The van der Waals surface area contributed by atoms with Crippen molar-refractivity contribution in [1.29, 1.82) is 0 Å². The molecule has 0 aromatic carbocycles. The van der Waals surface area contributed by atoms with Gasteiger partial charge in [0.05, 0.1) is 18.7 Å². The van der Waals surface area contributed by atoms with Crippen LogP contribution in [-0.4, -0.2) is 35.7 Å². The van der Waals surface area contributed by atoms with Crippen LogP contribution in [0, 0.1) is 0 Å². The van der Waals surface area contributed by atoms with Crippen molar-refractivity contribution in [3.05, 3.63) is 0 Å². The van der Waals surface area contributed by atoms with E-state index in [-0.39, 0.29) is 18.1 Å². The van der Waals surface area contributed by atoms with Gasteiger partial charge in [-0.05, 0) is 12.8 Å². The molecule has 0 radical (unpaired) electrons. The highest BCUT2D eigenvalue weighted by Crippen LogP contribution is 2.17. The van der Waals surface area contributed by atoms with Crippen LogP contribution in [-0.2, 0) is 4.79 Å². The van der Waals surface area contributed by atoms with Crippen molar-refractivity contribution in [2.24, 2.45) is 0 Å². The van der Waals surface area contributed by atoms with Gasteiger partial charge in [-0.1, -0.05) is 26.7 Å². The summed E-state index contributed by atoms with van der Waals surface area (Å²) in [5.74, 6) is -0.0188. The van der Waals surface area contributed by atoms with Gasteiger partial charge < -0.3 is 15.7 Å². The van der Waals surface area contributed by atoms with Gasteiger partial charge in [-0.3, -0.25) is 4.79 Å². The third kappa shape index (κ3) is 4.62. The molecule has 1 aliphatic carbocycles. The van der Waals surface area contributed by atoms with Crippen LogP contribution in [0.1, 0.15) is 39.5 Å². The number of nitrogens with one attached hydrogen (secondary N) is 2. The minimum atomic E-state index is -0.359. The topological polar surface area (TPSA) is 61.4 Å². The van der Waals surface area contributed by atoms with Crippen LogP contribution in [0.2, 0.25) is 0 Å². The van der Waals surface area contributed by atoms with Crippen molar-refractivity contribution in [1.82, 2.24) is 10.6 Å². The lowest BCUT2D eigenvalue weighted by Crippen LogP contribution is -2.48. The number of aliphatic hydroxyl groups is 1. The molecule has 2 atom stereocenters. The number of hydrogen-bond acceptors (Lipinski definition) is 3. The van der Waals surface area contributed by atoms with E-state index in [0.717, 1.165) is 25.7 Å². The first kappa shape index (κ1) is 12.5. The van der Waals surface area contributed by atoms with E-state index >= 15 is 0 Å². The standard InChI is InChI=1S/C11H22N2O2/c1-8(2)12-7-11(15)13-9-5-3-4-6-10(9)14/h8-10,12,14H,3-7H2,1-2H3,(H,13,15)/t9-,10-/m0/s1. The Balaban J connectivity index is 2.24. The zero-order valence-electron chi connectivity index (χ0n) is 9.62. The molecule has 0 aliphatic heterocycles. The van der Waals surface area contributed by atoms with E-state index in [9.17, 15) is 9.90 Å². The Hall–Kier alpha value is -0.610. The molecule has 0 bridgehead atoms. The summed E-state index contributed by atoms with van der Waals surface area (Å²) < 4.78 is 0. The first-order valence-corrected chi connectivity index (χ1v) is 5.80. The lowest BCUT2D eigenvalue weighted by atomic mass is 9.92. The fraction of sp³-hybridized carbons (Fsp3) is 0.909. The molecule has 0 spiro atoms. The number of hydrogen-bond donors (Lipinski definition) is 3. The Morgan fingerprint density at radius 3 is 2.67 bits per heavy atom. The van der Waals surface area contributed by atoms with Gasteiger partial charge in [-0.25, -0.2) is 0 Å². The van der Waals surface area contributed by atoms with Crippen molar-refractivity contribution in [2.45, 2.75) is 57.7 Å². The highest BCUT2D eigenvalue weighted by Gasteiger charge is 2.24. The third-order valence-electron chi connectivity index (χ3n) is 2.75. The molecule has 1 fully saturated rings. The molecule has 0 saturated heterocycles. The molecule has 1 rings (SSSR count). The van der Waals surface area contributed by atoms with Crippen molar-refractivity contribution >= 4 is 5.91 Å². The number of aliphatic hydroxyl groups excluding tert-OH is 1. The summed E-state index contributed by atoms with van der Waals surface area (Å²) in [5.41, 5.74) is 0. The van der Waals surface area contributed by atoms with E-state index in [1.165, 1.54) is 0 Å². The molecule has 15 heavy (non-hydrogen) atoms. The van der Waals surface area contributed by atoms with E-state index in [2.05, 4.69) is 10.6 Å². The summed E-state index contributed by atoms with van der Waals surface area (Å²) in [5, 5.41) is 15.6. The molecule has 4 heteroatoms. The zero-order valence-corrected chi connectivity index (χ0v) is 9.62. The van der Waals surface area contributed by atoms with E-state index in [4.69, 9.17) is 0 Å². The average Bonchev–Trinajstić information content (AvgIpc) is 2.18. The van der Waals surface area contributed by atoms with Crippen molar-refractivity contribution in [3.8, 4) is 0 Å². The molecule has 0 heterocycles. The monoisotopic (exact) mass is 214 g/mol. The molecule has 0 unspecified atom stereocenters. The molecule has 1 aliphatic rings. The largest absolute Gasteiger partial charge is 0.391 e. The number of carbonyl (C=O) groups excluding carboxylic acids is 1. The lowest BCUT2D eigenvalue weighted by molar-refractivity contribution is -0.122. The summed E-state index contributed by atoms with van der Waals surface area (Å²) in [6.07, 6.45) is 3.51. The molecule has 1 saturated carbocycles. The second-order valence-electron chi connectivity index (χ2n) is 4.56. The lowest BCUT2D eigenvalue weighted by Gasteiger charge is -2.28. The van der Waals surface area contributed by atoms with Crippen LogP contribution in [0.3, 0.4) is 0 Å². The molecular weight excluding hydrogens is 192 g/mol. The quantitative estimate of drug-likeness (QED) is 0.635. The summed E-state index contributed by atoms with van der Waals surface area (Å²) in [6, 6.07) is 0.271.